The van der Waals surface area contributed by atoms with Crippen molar-refractivity contribution in [2.45, 2.75) is 62.6 Å². The molecule has 1 saturated carbocycles. The first-order valence-corrected chi connectivity index (χ1v) is 17.1. The molecule has 1 aliphatic carbocycles. The molecule has 254 valence electrons. The van der Waals surface area contributed by atoms with E-state index in [-0.39, 0.29) is 45.6 Å². The quantitative estimate of drug-likeness (QED) is 0.238. The van der Waals surface area contributed by atoms with Crippen LogP contribution < -0.4 is 28.6 Å². The van der Waals surface area contributed by atoms with Gasteiger partial charge in [0.1, 0.15) is 24.1 Å². The SMILES string of the molecule is COc1cccc(CN(C(=O)CN(c2cc(Cl)ccc2OC)S(=O)(=O)c2ccc(OC)c(OC)c2)[C@H](C)C(=O)NC2CCCCC2)c1. The molecule has 0 aromatic heterocycles. The Kier molecular flexibility index (Phi) is 12.2. The van der Waals surface area contributed by atoms with E-state index in [9.17, 15) is 18.0 Å². The summed E-state index contributed by atoms with van der Waals surface area (Å²) in [7, 11) is 1.32. The van der Waals surface area contributed by atoms with Crippen LogP contribution in [0.25, 0.3) is 0 Å². The predicted molar refractivity (Wildman–Crippen MR) is 180 cm³/mol. The van der Waals surface area contributed by atoms with Gasteiger partial charge in [-0.25, -0.2) is 8.42 Å². The lowest BCUT2D eigenvalue weighted by Crippen LogP contribution is -2.53. The number of nitrogens with one attached hydrogen (secondary N) is 1. The van der Waals surface area contributed by atoms with Crippen LogP contribution in [0, 0.1) is 0 Å². The molecule has 0 spiro atoms. The molecule has 13 heteroatoms. The van der Waals surface area contributed by atoms with Crippen molar-refractivity contribution in [2.75, 3.05) is 39.3 Å². The second-order valence-electron chi connectivity index (χ2n) is 11.2. The zero-order valence-corrected chi connectivity index (χ0v) is 28.9. The number of rotatable bonds is 14. The predicted octanol–water partition coefficient (Wildman–Crippen LogP) is 5.44. The van der Waals surface area contributed by atoms with Crippen LogP contribution in [0.1, 0.15) is 44.6 Å². The van der Waals surface area contributed by atoms with Gasteiger partial charge in [-0.2, -0.15) is 0 Å². The second kappa shape index (κ2) is 16.1. The summed E-state index contributed by atoms with van der Waals surface area (Å²) in [5.41, 5.74) is 0.744. The fourth-order valence-corrected chi connectivity index (χ4v) is 7.19. The molecule has 3 aromatic carbocycles. The average Bonchev–Trinajstić information content (AvgIpc) is 3.09. The zero-order valence-electron chi connectivity index (χ0n) is 27.3. The molecule has 4 rings (SSSR count). The van der Waals surface area contributed by atoms with Gasteiger partial charge in [-0.15, -0.1) is 0 Å². The van der Waals surface area contributed by atoms with Crippen LogP contribution in [0.4, 0.5) is 5.69 Å². The molecule has 0 saturated heterocycles. The lowest BCUT2D eigenvalue weighted by molar-refractivity contribution is -0.139. The van der Waals surface area contributed by atoms with E-state index in [0.717, 1.165) is 36.4 Å². The Hall–Kier alpha value is -4.16. The number of methoxy groups -OCH3 is 4. The number of carbonyl (C=O) groups is 2. The third-order valence-corrected chi connectivity index (χ3v) is 10.2. The Labute approximate surface area is 281 Å². The Morgan fingerprint density at radius 2 is 1.55 bits per heavy atom. The van der Waals surface area contributed by atoms with Gasteiger partial charge in [0.25, 0.3) is 10.0 Å². The van der Waals surface area contributed by atoms with Crippen LogP contribution in [-0.2, 0) is 26.2 Å². The third kappa shape index (κ3) is 8.61. The highest BCUT2D eigenvalue weighted by Gasteiger charge is 2.35. The third-order valence-electron chi connectivity index (χ3n) is 8.24. The number of halogens is 1. The van der Waals surface area contributed by atoms with E-state index in [1.807, 2.05) is 6.07 Å². The number of sulfonamides is 1. The first kappa shape index (κ1) is 35.7. The average molecular weight is 688 g/mol. The summed E-state index contributed by atoms with van der Waals surface area (Å²) < 4.78 is 51.3. The second-order valence-corrected chi connectivity index (χ2v) is 13.5. The van der Waals surface area contributed by atoms with Crippen LogP contribution in [-0.4, -0.2) is 72.2 Å². The number of amides is 2. The molecule has 0 unspecified atom stereocenters. The number of anilines is 1. The van der Waals surface area contributed by atoms with Crippen molar-refractivity contribution in [3.63, 3.8) is 0 Å². The minimum atomic E-state index is -4.45. The van der Waals surface area contributed by atoms with Crippen LogP contribution >= 0.6 is 11.6 Å². The van der Waals surface area contributed by atoms with Gasteiger partial charge in [0.2, 0.25) is 11.8 Å². The maximum atomic E-state index is 14.4. The summed E-state index contributed by atoms with van der Waals surface area (Å²) in [5, 5.41) is 3.33. The number of benzene rings is 3. The fourth-order valence-electron chi connectivity index (χ4n) is 5.59. The Morgan fingerprint density at radius 3 is 2.21 bits per heavy atom. The van der Waals surface area contributed by atoms with Crippen molar-refractivity contribution in [3.8, 4) is 23.0 Å². The van der Waals surface area contributed by atoms with E-state index in [1.165, 1.54) is 63.7 Å². The van der Waals surface area contributed by atoms with Gasteiger partial charge in [0, 0.05) is 23.7 Å². The van der Waals surface area contributed by atoms with Gasteiger partial charge in [0.05, 0.1) is 39.0 Å². The highest BCUT2D eigenvalue weighted by molar-refractivity contribution is 7.92. The first-order valence-electron chi connectivity index (χ1n) is 15.3. The van der Waals surface area contributed by atoms with Gasteiger partial charge in [0.15, 0.2) is 11.5 Å². The van der Waals surface area contributed by atoms with Crippen molar-refractivity contribution >= 4 is 39.1 Å². The molecule has 2 amide bonds. The summed E-state index contributed by atoms with van der Waals surface area (Å²) in [5.74, 6) is 0.333. The van der Waals surface area contributed by atoms with Crippen molar-refractivity contribution < 1.29 is 37.0 Å². The fraction of sp³-hybridized carbons (Fsp3) is 0.412. The molecular formula is C34H42ClN3O8S. The van der Waals surface area contributed by atoms with E-state index in [2.05, 4.69) is 5.32 Å². The molecule has 1 atom stereocenters. The van der Waals surface area contributed by atoms with Crippen LogP contribution in [0.2, 0.25) is 5.02 Å². The van der Waals surface area contributed by atoms with Gasteiger partial charge in [-0.1, -0.05) is 43.0 Å². The monoisotopic (exact) mass is 687 g/mol. The van der Waals surface area contributed by atoms with Gasteiger partial charge < -0.3 is 29.2 Å². The normalized spacial score (nSPS) is 14.1. The maximum absolute atomic E-state index is 14.4. The highest BCUT2D eigenvalue weighted by atomic mass is 35.5. The molecule has 1 fully saturated rings. The van der Waals surface area contributed by atoms with E-state index >= 15 is 0 Å². The number of hydrogen-bond donors (Lipinski definition) is 1. The number of carbonyl (C=O) groups excluding carboxylic acids is 2. The topological polar surface area (TPSA) is 124 Å². The summed E-state index contributed by atoms with van der Waals surface area (Å²) in [4.78, 5) is 29.2. The first-order chi connectivity index (χ1) is 22.5. The standard InChI is InChI=1S/C34H42ClN3O8S/c1-23(34(40)36-26-11-7-6-8-12-26)37(21-24-10-9-13-27(18-24)43-2)33(39)22-38(29-19-25(35)14-16-30(29)44-3)47(41,42)28-15-17-31(45-4)32(20-28)46-5/h9-10,13-20,23,26H,6-8,11-12,21-22H2,1-5H3,(H,36,40)/t23-/m1/s1. The molecular weight excluding hydrogens is 646 g/mol. The van der Waals surface area contributed by atoms with Crippen molar-refractivity contribution in [1.82, 2.24) is 10.2 Å². The molecule has 11 nitrogen and oxygen atoms in total. The minimum absolute atomic E-state index is 0.0186. The summed E-state index contributed by atoms with van der Waals surface area (Å²) in [6, 6.07) is 14.9. The molecule has 1 aliphatic rings. The summed E-state index contributed by atoms with van der Waals surface area (Å²) in [6.07, 6.45) is 4.91. The van der Waals surface area contributed by atoms with Crippen molar-refractivity contribution in [2.24, 2.45) is 0 Å². The van der Waals surface area contributed by atoms with Gasteiger partial charge in [-0.05, 0) is 67.8 Å². The maximum Gasteiger partial charge on any atom is 0.265 e. The molecule has 47 heavy (non-hydrogen) atoms. The van der Waals surface area contributed by atoms with E-state index in [0.29, 0.717) is 17.1 Å². The number of hydrogen-bond acceptors (Lipinski definition) is 8. The van der Waals surface area contributed by atoms with Crippen LogP contribution in [0.5, 0.6) is 23.0 Å². The Balaban J connectivity index is 1.77. The van der Waals surface area contributed by atoms with E-state index < -0.39 is 28.5 Å². The van der Waals surface area contributed by atoms with Crippen molar-refractivity contribution in [1.29, 1.82) is 0 Å². The molecule has 0 aliphatic heterocycles. The molecule has 0 heterocycles. The molecule has 0 bridgehead atoms. The largest absolute Gasteiger partial charge is 0.497 e. The number of nitrogens with zero attached hydrogens (tertiary/aromatic N) is 2. The van der Waals surface area contributed by atoms with E-state index in [1.54, 1.807) is 31.2 Å². The van der Waals surface area contributed by atoms with Gasteiger partial charge >= 0.3 is 0 Å². The van der Waals surface area contributed by atoms with Gasteiger partial charge in [-0.3, -0.25) is 13.9 Å². The van der Waals surface area contributed by atoms with Crippen molar-refractivity contribution in [3.05, 3.63) is 71.2 Å². The molecule has 3 aromatic rings. The Morgan fingerprint density at radius 1 is 0.872 bits per heavy atom. The molecule has 0 radical (unpaired) electrons. The van der Waals surface area contributed by atoms with Crippen LogP contribution in [0.15, 0.2) is 65.6 Å². The summed E-state index contributed by atoms with van der Waals surface area (Å²) >= 11 is 6.35. The molecule has 1 N–H and O–H groups in total. The number of ether oxygens (including phenoxy) is 4. The van der Waals surface area contributed by atoms with E-state index in [4.69, 9.17) is 30.5 Å². The lowest BCUT2D eigenvalue weighted by atomic mass is 9.95. The zero-order chi connectivity index (χ0) is 34.1. The smallest absolute Gasteiger partial charge is 0.265 e. The highest BCUT2D eigenvalue weighted by Crippen LogP contribution is 2.37. The minimum Gasteiger partial charge on any atom is -0.497 e. The summed E-state index contributed by atoms with van der Waals surface area (Å²) in [6.45, 7) is 0.994. The Bertz CT molecular complexity index is 1660. The van der Waals surface area contributed by atoms with Crippen LogP contribution in [0.3, 0.4) is 0 Å². The lowest BCUT2D eigenvalue weighted by Gasteiger charge is -2.33.